The molecule has 0 aliphatic carbocycles. The molecule has 0 aromatic carbocycles. The first-order valence-electron chi connectivity index (χ1n) is 6.00. The standard InChI is InChI=1S/C11H14BrNO4S3/c12-10-9(5-8(19-10)11(14)15)20(16,17)13-6-7-1-3-18-4-2-7/h5,7,13H,1-4,6H2,(H,14,15). The fraction of sp³-hybridized carbons (Fsp3) is 0.545. The van der Waals surface area contributed by atoms with Crippen LogP contribution in [0.2, 0.25) is 0 Å². The van der Waals surface area contributed by atoms with E-state index in [-0.39, 0.29) is 9.77 Å². The van der Waals surface area contributed by atoms with Crippen LogP contribution in [-0.2, 0) is 10.0 Å². The van der Waals surface area contributed by atoms with Crippen molar-refractivity contribution in [3.05, 3.63) is 14.7 Å². The van der Waals surface area contributed by atoms with E-state index in [1.54, 1.807) is 0 Å². The van der Waals surface area contributed by atoms with Crippen molar-refractivity contribution < 1.29 is 18.3 Å². The molecule has 0 bridgehead atoms. The summed E-state index contributed by atoms with van der Waals surface area (Å²) in [6, 6.07) is 1.19. The molecular weight excluding hydrogens is 386 g/mol. The number of nitrogens with one attached hydrogen (secondary N) is 1. The molecule has 5 nitrogen and oxygen atoms in total. The van der Waals surface area contributed by atoms with Crippen molar-refractivity contribution in [2.45, 2.75) is 17.7 Å². The Morgan fingerprint density at radius 1 is 1.45 bits per heavy atom. The van der Waals surface area contributed by atoms with Crippen LogP contribution in [0.4, 0.5) is 0 Å². The molecule has 0 amide bonds. The van der Waals surface area contributed by atoms with E-state index in [9.17, 15) is 13.2 Å². The highest BCUT2D eigenvalue weighted by Gasteiger charge is 2.24. The maximum absolute atomic E-state index is 12.2. The zero-order valence-electron chi connectivity index (χ0n) is 10.5. The van der Waals surface area contributed by atoms with Crippen LogP contribution in [0.15, 0.2) is 14.7 Å². The van der Waals surface area contributed by atoms with Crippen molar-refractivity contribution in [3.8, 4) is 0 Å². The number of carbonyl (C=O) groups is 1. The number of carboxylic acid groups (broad SMARTS) is 1. The molecule has 1 fully saturated rings. The lowest BCUT2D eigenvalue weighted by Crippen LogP contribution is -2.31. The molecule has 2 N–H and O–H groups in total. The second kappa shape index (κ2) is 6.78. The van der Waals surface area contributed by atoms with Crippen molar-refractivity contribution in [3.63, 3.8) is 0 Å². The van der Waals surface area contributed by atoms with Crippen LogP contribution in [-0.4, -0.2) is 37.5 Å². The summed E-state index contributed by atoms with van der Waals surface area (Å²) in [6.07, 6.45) is 2.02. The van der Waals surface area contributed by atoms with E-state index >= 15 is 0 Å². The van der Waals surface area contributed by atoms with Crippen LogP contribution in [0.25, 0.3) is 0 Å². The molecule has 0 radical (unpaired) electrons. The molecule has 1 aromatic rings. The van der Waals surface area contributed by atoms with Crippen molar-refractivity contribution in [2.24, 2.45) is 5.92 Å². The first-order valence-corrected chi connectivity index (χ1v) is 10.2. The fourth-order valence-corrected chi connectivity index (χ4v) is 6.62. The van der Waals surface area contributed by atoms with Gasteiger partial charge in [-0.15, -0.1) is 11.3 Å². The number of halogens is 1. The van der Waals surface area contributed by atoms with Gasteiger partial charge < -0.3 is 5.11 Å². The molecule has 1 aromatic heterocycles. The van der Waals surface area contributed by atoms with E-state index in [1.807, 2.05) is 11.8 Å². The van der Waals surface area contributed by atoms with Gasteiger partial charge in [-0.1, -0.05) is 0 Å². The average molecular weight is 400 g/mol. The molecule has 1 saturated heterocycles. The lowest BCUT2D eigenvalue weighted by molar-refractivity contribution is 0.0702. The third-order valence-electron chi connectivity index (χ3n) is 3.06. The van der Waals surface area contributed by atoms with Gasteiger partial charge >= 0.3 is 5.97 Å². The summed E-state index contributed by atoms with van der Waals surface area (Å²) in [5.41, 5.74) is 0. The number of aromatic carboxylic acids is 1. The van der Waals surface area contributed by atoms with Crippen LogP contribution < -0.4 is 4.72 Å². The molecule has 0 saturated carbocycles. The Balaban J connectivity index is 2.07. The average Bonchev–Trinajstić information content (AvgIpc) is 2.81. The zero-order chi connectivity index (χ0) is 14.8. The largest absolute Gasteiger partial charge is 0.477 e. The molecular formula is C11H14BrNO4S3. The first kappa shape index (κ1) is 16.3. The minimum Gasteiger partial charge on any atom is -0.477 e. The first-order chi connectivity index (χ1) is 9.40. The summed E-state index contributed by atoms with van der Waals surface area (Å²) in [4.78, 5) is 10.9. The van der Waals surface area contributed by atoms with Crippen LogP contribution in [0.3, 0.4) is 0 Å². The zero-order valence-corrected chi connectivity index (χ0v) is 14.5. The SMILES string of the molecule is O=C(O)c1cc(S(=O)(=O)NCC2CCSCC2)c(Br)s1. The maximum Gasteiger partial charge on any atom is 0.345 e. The van der Waals surface area contributed by atoms with Crippen LogP contribution >= 0.6 is 39.0 Å². The Morgan fingerprint density at radius 2 is 2.10 bits per heavy atom. The molecule has 112 valence electrons. The van der Waals surface area contributed by atoms with Gasteiger partial charge in [0.2, 0.25) is 10.0 Å². The molecule has 0 spiro atoms. The summed E-state index contributed by atoms with van der Waals surface area (Å²) in [5, 5.41) is 8.89. The van der Waals surface area contributed by atoms with Crippen molar-refractivity contribution in [1.29, 1.82) is 0 Å². The van der Waals surface area contributed by atoms with E-state index in [4.69, 9.17) is 5.11 Å². The van der Waals surface area contributed by atoms with Gasteiger partial charge in [-0.25, -0.2) is 17.9 Å². The topological polar surface area (TPSA) is 83.5 Å². The van der Waals surface area contributed by atoms with Crippen LogP contribution in [0.1, 0.15) is 22.5 Å². The molecule has 0 unspecified atom stereocenters. The summed E-state index contributed by atoms with van der Waals surface area (Å²) in [7, 11) is -3.66. The minimum absolute atomic E-state index is 0.00471. The normalized spacial score (nSPS) is 17.2. The Bertz CT molecular complexity index is 593. The molecule has 2 rings (SSSR count). The van der Waals surface area contributed by atoms with Gasteiger partial charge in [0.1, 0.15) is 9.77 Å². The number of carboxylic acids is 1. The third kappa shape index (κ3) is 3.97. The van der Waals surface area contributed by atoms with E-state index in [0.29, 0.717) is 16.2 Å². The number of thioether (sulfide) groups is 1. The Morgan fingerprint density at radius 3 is 2.65 bits per heavy atom. The van der Waals surface area contributed by atoms with Crippen molar-refractivity contribution in [1.82, 2.24) is 4.72 Å². The second-order valence-electron chi connectivity index (χ2n) is 4.46. The van der Waals surface area contributed by atoms with Gasteiger partial charge in [0.05, 0.1) is 3.79 Å². The van der Waals surface area contributed by atoms with E-state index in [1.165, 1.54) is 6.07 Å². The number of rotatable bonds is 5. The summed E-state index contributed by atoms with van der Waals surface area (Å²) in [6.45, 7) is 0.410. The summed E-state index contributed by atoms with van der Waals surface area (Å²) >= 11 is 5.91. The van der Waals surface area contributed by atoms with Gasteiger partial charge in [-0.05, 0) is 52.3 Å². The van der Waals surface area contributed by atoms with Crippen LogP contribution in [0, 0.1) is 5.92 Å². The number of thiophene rings is 1. The summed E-state index contributed by atoms with van der Waals surface area (Å²) < 4.78 is 27.3. The number of sulfonamides is 1. The number of hydrogen-bond donors (Lipinski definition) is 2. The van der Waals surface area contributed by atoms with Crippen molar-refractivity contribution in [2.75, 3.05) is 18.1 Å². The lowest BCUT2D eigenvalue weighted by atomic mass is 10.0. The monoisotopic (exact) mass is 399 g/mol. The number of hydrogen-bond acceptors (Lipinski definition) is 5. The predicted octanol–water partition coefficient (Wildman–Crippen LogP) is 2.63. The Kier molecular flexibility index (Phi) is 5.52. The van der Waals surface area contributed by atoms with E-state index < -0.39 is 16.0 Å². The van der Waals surface area contributed by atoms with E-state index in [2.05, 4.69) is 20.7 Å². The van der Waals surface area contributed by atoms with Crippen LogP contribution in [0.5, 0.6) is 0 Å². The predicted molar refractivity (Wildman–Crippen MR) is 84.2 cm³/mol. The van der Waals surface area contributed by atoms with Gasteiger partial charge in [0.25, 0.3) is 0 Å². The molecule has 20 heavy (non-hydrogen) atoms. The smallest absolute Gasteiger partial charge is 0.345 e. The van der Waals surface area contributed by atoms with Gasteiger partial charge in [-0.3, -0.25) is 0 Å². The van der Waals surface area contributed by atoms with E-state index in [0.717, 1.165) is 35.7 Å². The maximum atomic E-state index is 12.2. The lowest BCUT2D eigenvalue weighted by Gasteiger charge is -2.21. The highest BCUT2D eigenvalue weighted by molar-refractivity contribution is 9.11. The van der Waals surface area contributed by atoms with Gasteiger partial charge in [-0.2, -0.15) is 11.8 Å². The second-order valence-corrected chi connectivity index (χ2v) is 9.79. The minimum atomic E-state index is -3.66. The van der Waals surface area contributed by atoms with Gasteiger partial charge in [0.15, 0.2) is 0 Å². The molecule has 1 aliphatic heterocycles. The van der Waals surface area contributed by atoms with Gasteiger partial charge in [0, 0.05) is 6.54 Å². The van der Waals surface area contributed by atoms with Crippen molar-refractivity contribution >= 4 is 55.0 Å². The quantitative estimate of drug-likeness (QED) is 0.794. The third-order valence-corrected chi connectivity index (χ3v) is 7.77. The molecule has 1 aliphatic rings. The Labute approximate surface area is 134 Å². The molecule has 9 heteroatoms. The Hall–Kier alpha value is -0.0900. The molecule has 2 heterocycles. The molecule has 0 atom stereocenters. The highest BCUT2D eigenvalue weighted by Crippen LogP contribution is 2.32. The fourth-order valence-electron chi connectivity index (χ4n) is 1.90. The highest BCUT2D eigenvalue weighted by atomic mass is 79.9. The summed E-state index contributed by atoms with van der Waals surface area (Å²) in [5.74, 6) is 1.37.